The number of fused-ring (bicyclic) bond motifs is 1. The standard InChI is InChI=1S/C17H17N3O.BrH/c1-2-19-14-10-6-7-11-15(14)20(17(19)18)12-16(21)13-8-4-3-5-9-13;/h3-11,18H,2,12H2,1H3;1H. The van der Waals surface area contributed by atoms with Crippen LogP contribution in [0.4, 0.5) is 0 Å². The third-order valence-corrected chi connectivity index (χ3v) is 3.69. The van der Waals surface area contributed by atoms with Gasteiger partial charge in [-0.25, -0.2) is 0 Å². The SMILES string of the molecule is Br.CCn1c(=N)n(CC(=O)c2ccccc2)c2ccccc21. The molecule has 3 rings (SSSR count). The van der Waals surface area contributed by atoms with Gasteiger partial charge < -0.3 is 9.13 Å². The van der Waals surface area contributed by atoms with E-state index in [-0.39, 0.29) is 29.3 Å². The van der Waals surface area contributed by atoms with Crippen molar-refractivity contribution < 1.29 is 4.79 Å². The van der Waals surface area contributed by atoms with Crippen LogP contribution in [-0.4, -0.2) is 14.9 Å². The second-order valence-corrected chi connectivity index (χ2v) is 4.93. The molecule has 1 heterocycles. The number of carbonyl (C=O) groups is 1. The van der Waals surface area contributed by atoms with Crippen molar-refractivity contribution >= 4 is 33.8 Å². The highest BCUT2D eigenvalue weighted by atomic mass is 79.9. The first-order valence-corrected chi connectivity index (χ1v) is 7.03. The van der Waals surface area contributed by atoms with Crippen molar-refractivity contribution in [2.24, 2.45) is 0 Å². The highest BCUT2D eigenvalue weighted by Gasteiger charge is 2.13. The van der Waals surface area contributed by atoms with Crippen LogP contribution in [0.15, 0.2) is 54.6 Å². The predicted molar refractivity (Wildman–Crippen MR) is 92.6 cm³/mol. The van der Waals surface area contributed by atoms with Crippen LogP contribution in [0.3, 0.4) is 0 Å². The Morgan fingerprint density at radius 3 is 2.09 bits per heavy atom. The van der Waals surface area contributed by atoms with Gasteiger partial charge in [0.25, 0.3) is 0 Å². The lowest BCUT2D eigenvalue weighted by Crippen LogP contribution is -2.27. The van der Waals surface area contributed by atoms with E-state index < -0.39 is 0 Å². The first kappa shape index (κ1) is 16.2. The summed E-state index contributed by atoms with van der Waals surface area (Å²) in [6, 6.07) is 17.1. The lowest BCUT2D eigenvalue weighted by Gasteiger charge is -2.04. The summed E-state index contributed by atoms with van der Waals surface area (Å²) in [7, 11) is 0. The van der Waals surface area contributed by atoms with Gasteiger partial charge in [-0.2, -0.15) is 0 Å². The average Bonchev–Trinajstić information content (AvgIpc) is 2.80. The number of ketones is 1. The number of carbonyl (C=O) groups excluding carboxylic acids is 1. The zero-order valence-corrected chi connectivity index (χ0v) is 14.0. The van der Waals surface area contributed by atoms with Gasteiger partial charge in [0.15, 0.2) is 5.78 Å². The summed E-state index contributed by atoms with van der Waals surface area (Å²) in [5.41, 5.74) is 2.96. The van der Waals surface area contributed by atoms with Crippen LogP contribution in [0.5, 0.6) is 0 Å². The lowest BCUT2D eigenvalue weighted by molar-refractivity contribution is 0.0971. The molecule has 0 saturated carbocycles. The molecule has 1 aromatic heterocycles. The number of nitrogens with zero attached hydrogens (tertiary/aromatic N) is 2. The molecule has 0 amide bonds. The van der Waals surface area contributed by atoms with E-state index in [2.05, 4.69) is 0 Å². The Balaban J connectivity index is 0.00000176. The second-order valence-electron chi connectivity index (χ2n) is 4.93. The predicted octanol–water partition coefficient (Wildman–Crippen LogP) is 3.40. The van der Waals surface area contributed by atoms with E-state index in [0.29, 0.717) is 17.7 Å². The third-order valence-electron chi connectivity index (χ3n) is 3.69. The number of hydrogen-bond acceptors (Lipinski definition) is 2. The number of aromatic nitrogens is 2. The molecule has 0 bridgehead atoms. The van der Waals surface area contributed by atoms with Gasteiger partial charge in [-0.3, -0.25) is 10.2 Å². The van der Waals surface area contributed by atoms with Crippen LogP contribution in [0.2, 0.25) is 0 Å². The van der Waals surface area contributed by atoms with Crippen LogP contribution in [-0.2, 0) is 13.1 Å². The molecule has 0 radical (unpaired) electrons. The maximum Gasteiger partial charge on any atom is 0.203 e. The van der Waals surface area contributed by atoms with Gasteiger partial charge in [-0.15, -0.1) is 17.0 Å². The fraction of sp³-hybridized carbons (Fsp3) is 0.176. The van der Waals surface area contributed by atoms with Crippen molar-refractivity contribution in [3.05, 3.63) is 65.8 Å². The van der Waals surface area contributed by atoms with E-state index in [4.69, 9.17) is 5.41 Å². The molecule has 0 saturated heterocycles. The first-order chi connectivity index (χ1) is 10.2. The van der Waals surface area contributed by atoms with Crippen molar-refractivity contribution in [3.63, 3.8) is 0 Å². The van der Waals surface area contributed by atoms with Gasteiger partial charge in [0.05, 0.1) is 17.6 Å². The van der Waals surface area contributed by atoms with E-state index in [9.17, 15) is 4.79 Å². The molecular formula is C17H18BrN3O. The minimum Gasteiger partial charge on any atom is -0.311 e. The summed E-state index contributed by atoms with van der Waals surface area (Å²) in [6.07, 6.45) is 0. The average molecular weight is 360 g/mol. The Labute approximate surface area is 139 Å². The van der Waals surface area contributed by atoms with E-state index in [0.717, 1.165) is 11.0 Å². The normalized spacial score (nSPS) is 10.4. The van der Waals surface area contributed by atoms with E-state index >= 15 is 0 Å². The van der Waals surface area contributed by atoms with Crippen LogP contribution in [0, 0.1) is 5.41 Å². The summed E-state index contributed by atoms with van der Waals surface area (Å²) in [5, 5.41) is 8.30. The quantitative estimate of drug-likeness (QED) is 0.713. The molecule has 0 atom stereocenters. The van der Waals surface area contributed by atoms with Gasteiger partial charge in [-0.05, 0) is 19.1 Å². The molecular weight excluding hydrogens is 342 g/mol. The van der Waals surface area contributed by atoms with Gasteiger partial charge >= 0.3 is 0 Å². The van der Waals surface area contributed by atoms with Crippen LogP contribution in [0.25, 0.3) is 11.0 Å². The molecule has 0 spiro atoms. The van der Waals surface area contributed by atoms with Crippen LogP contribution < -0.4 is 5.62 Å². The minimum atomic E-state index is 0. The molecule has 3 aromatic rings. The number of nitrogens with one attached hydrogen (secondary N) is 1. The van der Waals surface area contributed by atoms with E-state index in [1.54, 1.807) is 4.57 Å². The molecule has 0 unspecified atom stereocenters. The minimum absolute atomic E-state index is 0. The molecule has 4 nitrogen and oxygen atoms in total. The van der Waals surface area contributed by atoms with E-state index in [1.807, 2.05) is 66.1 Å². The molecule has 1 N–H and O–H groups in total. The van der Waals surface area contributed by atoms with Gasteiger partial charge in [0, 0.05) is 12.1 Å². The molecule has 2 aromatic carbocycles. The Morgan fingerprint density at radius 1 is 0.955 bits per heavy atom. The monoisotopic (exact) mass is 359 g/mol. The smallest absolute Gasteiger partial charge is 0.203 e. The number of aryl methyl sites for hydroxylation is 1. The molecule has 5 heteroatoms. The van der Waals surface area contributed by atoms with Crippen molar-refractivity contribution in [1.82, 2.24) is 9.13 Å². The molecule has 22 heavy (non-hydrogen) atoms. The Hall–Kier alpha value is -2.14. The van der Waals surface area contributed by atoms with Crippen molar-refractivity contribution in [1.29, 1.82) is 5.41 Å². The highest BCUT2D eigenvalue weighted by molar-refractivity contribution is 8.93. The number of rotatable bonds is 4. The second kappa shape index (κ2) is 6.75. The van der Waals surface area contributed by atoms with Gasteiger partial charge in [0.1, 0.15) is 0 Å². The summed E-state index contributed by atoms with van der Waals surface area (Å²) in [6.45, 7) is 2.91. The van der Waals surface area contributed by atoms with Crippen LogP contribution in [0.1, 0.15) is 17.3 Å². The largest absolute Gasteiger partial charge is 0.311 e. The topological polar surface area (TPSA) is 50.8 Å². The maximum atomic E-state index is 12.4. The number of hydrogen-bond donors (Lipinski definition) is 1. The molecule has 114 valence electrons. The summed E-state index contributed by atoms with van der Waals surface area (Å²) >= 11 is 0. The lowest BCUT2D eigenvalue weighted by atomic mass is 10.1. The highest BCUT2D eigenvalue weighted by Crippen LogP contribution is 2.13. The fourth-order valence-electron chi connectivity index (χ4n) is 2.63. The summed E-state index contributed by atoms with van der Waals surface area (Å²) in [5.74, 6) is 0.0214. The number of benzene rings is 2. The first-order valence-electron chi connectivity index (χ1n) is 7.03. The number of imidazole rings is 1. The number of para-hydroxylation sites is 2. The fourth-order valence-corrected chi connectivity index (χ4v) is 2.63. The maximum absolute atomic E-state index is 12.4. The van der Waals surface area contributed by atoms with Gasteiger partial charge in [-0.1, -0.05) is 42.5 Å². The molecule has 0 aliphatic heterocycles. The van der Waals surface area contributed by atoms with Crippen LogP contribution >= 0.6 is 17.0 Å². The van der Waals surface area contributed by atoms with Crippen molar-refractivity contribution in [3.8, 4) is 0 Å². The number of Topliss-reactive ketones (excluding diaryl/α,β-unsaturated/α-hetero) is 1. The Bertz CT molecular complexity index is 849. The zero-order valence-electron chi connectivity index (χ0n) is 12.3. The molecule has 0 fully saturated rings. The van der Waals surface area contributed by atoms with Gasteiger partial charge in [0.2, 0.25) is 5.62 Å². The third kappa shape index (κ3) is 2.76. The molecule has 0 aliphatic rings. The van der Waals surface area contributed by atoms with Crippen molar-refractivity contribution in [2.45, 2.75) is 20.0 Å². The molecule has 0 aliphatic carbocycles. The zero-order chi connectivity index (χ0) is 14.8. The Kier molecular flexibility index (Phi) is 4.98. The van der Waals surface area contributed by atoms with E-state index in [1.165, 1.54) is 0 Å². The van der Waals surface area contributed by atoms with Crippen molar-refractivity contribution in [2.75, 3.05) is 0 Å². The Morgan fingerprint density at radius 2 is 1.50 bits per heavy atom. The number of halogens is 1. The summed E-state index contributed by atoms with van der Waals surface area (Å²) < 4.78 is 3.68. The summed E-state index contributed by atoms with van der Waals surface area (Å²) in [4.78, 5) is 12.4.